The number of rotatable bonds is 2. The lowest BCUT2D eigenvalue weighted by atomic mass is 9.94. The normalized spacial score (nSPS) is 24.2. The minimum Gasteiger partial charge on any atom is -0.309 e. The molecule has 2 aliphatic rings. The fourth-order valence-electron chi connectivity index (χ4n) is 3.21. The molecule has 0 unspecified atom stereocenters. The molecule has 1 spiro atoms. The van der Waals surface area contributed by atoms with Gasteiger partial charge >= 0.3 is 0 Å². The Morgan fingerprint density at radius 1 is 1.35 bits per heavy atom. The molecule has 0 amide bonds. The van der Waals surface area contributed by atoms with Crippen LogP contribution in [-0.2, 0) is 6.54 Å². The third-order valence-electron chi connectivity index (χ3n) is 4.03. The summed E-state index contributed by atoms with van der Waals surface area (Å²) in [6.45, 7) is 4.35. The summed E-state index contributed by atoms with van der Waals surface area (Å²) in [5, 5.41) is 11.9. The lowest BCUT2D eigenvalue weighted by Gasteiger charge is -2.41. The average molecular weight is 232 g/mol. The van der Waals surface area contributed by atoms with E-state index in [1.807, 2.05) is 6.07 Å². The number of aromatic nitrogens is 2. The van der Waals surface area contributed by atoms with Crippen LogP contribution in [0.5, 0.6) is 0 Å². The van der Waals surface area contributed by atoms with Gasteiger partial charge in [-0.2, -0.15) is 10.2 Å². The summed E-state index contributed by atoms with van der Waals surface area (Å²) in [5.74, 6) is 0. The summed E-state index contributed by atoms with van der Waals surface area (Å²) in [6.07, 6.45) is 7.17. The zero-order chi connectivity index (χ0) is 11.6. The molecule has 2 fully saturated rings. The Morgan fingerprint density at radius 3 is 3.00 bits per heavy atom. The SMILES string of the molecule is c1cnnc(CN2CCNC3(CCCC3)C2)c1. The van der Waals surface area contributed by atoms with E-state index in [2.05, 4.69) is 26.5 Å². The second-order valence-electron chi connectivity index (χ2n) is 5.34. The van der Waals surface area contributed by atoms with Gasteiger partial charge in [-0.15, -0.1) is 0 Å². The van der Waals surface area contributed by atoms with Crippen LogP contribution in [0.25, 0.3) is 0 Å². The Hall–Kier alpha value is -1.00. The lowest BCUT2D eigenvalue weighted by molar-refractivity contribution is 0.127. The van der Waals surface area contributed by atoms with E-state index < -0.39 is 0 Å². The van der Waals surface area contributed by atoms with Crippen LogP contribution in [0.4, 0.5) is 0 Å². The molecule has 2 heterocycles. The van der Waals surface area contributed by atoms with Crippen molar-refractivity contribution in [3.8, 4) is 0 Å². The first-order valence-corrected chi connectivity index (χ1v) is 6.60. The van der Waals surface area contributed by atoms with Crippen LogP contribution in [0.3, 0.4) is 0 Å². The average Bonchev–Trinajstić information content (AvgIpc) is 2.79. The molecule has 0 radical (unpaired) electrons. The van der Waals surface area contributed by atoms with E-state index >= 15 is 0 Å². The maximum atomic E-state index is 4.18. The van der Waals surface area contributed by atoms with Gasteiger partial charge in [0.15, 0.2) is 0 Å². The molecule has 1 N–H and O–H groups in total. The van der Waals surface area contributed by atoms with Gasteiger partial charge in [0, 0.05) is 37.9 Å². The summed E-state index contributed by atoms with van der Waals surface area (Å²) in [7, 11) is 0. The van der Waals surface area contributed by atoms with Crippen molar-refractivity contribution in [1.82, 2.24) is 20.4 Å². The van der Waals surface area contributed by atoms with Crippen molar-refractivity contribution < 1.29 is 0 Å². The maximum Gasteiger partial charge on any atom is 0.0771 e. The van der Waals surface area contributed by atoms with E-state index in [1.54, 1.807) is 6.20 Å². The van der Waals surface area contributed by atoms with E-state index in [9.17, 15) is 0 Å². The predicted octanol–water partition coefficient (Wildman–Crippen LogP) is 1.19. The summed E-state index contributed by atoms with van der Waals surface area (Å²) in [5.41, 5.74) is 1.49. The van der Waals surface area contributed by atoms with Crippen LogP contribution in [0.15, 0.2) is 18.3 Å². The number of piperazine rings is 1. The van der Waals surface area contributed by atoms with Crippen molar-refractivity contribution in [2.45, 2.75) is 37.8 Å². The molecule has 3 rings (SSSR count). The lowest BCUT2D eigenvalue weighted by Crippen LogP contribution is -2.58. The Bertz CT molecular complexity index is 359. The standard InChI is InChI=1S/C13H20N4/c1-2-6-13(5-1)11-17(9-8-14-13)10-12-4-3-7-15-16-12/h3-4,7,14H,1-2,5-6,8-11H2. The molecule has 1 saturated heterocycles. The summed E-state index contributed by atoms with van der Waals surface area (Å²) in [4.78, 5) is 2.52. The van der Waals surface area contributed by atoms with Crippen LogP contribution >= 0.6 is 0 Å². The van der Waals surface area contributed by atoms with Gasteiger partial charge < -0.3 is 5.32 Å². The molecule has 1 saturated carbocycles. The largest absolute Gasteiger partial charge is 0.309 e. The van der Waals surface area contributed by atoms with Crippen molar-refractivity contribution in [3.63, 3.8) is 0 Å². The Balaban J connectivity index is 1.64. The van der Waals surface area contributed by atoms with E-state index in [0.717, 1.165) is 25.3 Å². The zero-order valence-electron chi connectivity index (χ0n) is 10.2. The third-order valence-corrected chi connectivity index (χ3v) is 4.03. The van der Waals surface area contributed by atoms with Crippen molar-refractivity contribution in [2.75, 3.05) is 19.6 Å². The molecule has 1 aromatic rings. The highest BCUT2D eigenvalue weighted by Gasteiger charge is 2.37. The fraction of sp³-hybridized carbons (Fsp3) is 0.692. The molecule has 4 heteroatoms. The van der Waals surface area contributed by atoms with Gasteiger partial charge in [-0.3, -0.25) is 4.90 Å². The van der Waals surface area contributed by atoms with Gasteiger partial charge in [-0.1, -0.05) is 12.8 Å². The number of nitrogens with zero attached hydrogens (tertiary/aromatic N) is 3. The second kappa shape index (κ2) is 4.70. The smallest absolute Gasteiger partial charge is 0.0771 e. The number of hydrogen-bond donors (Lipinski definition) is 1. The summed E-state index contributed by atoms with van der Waals surface area (Å²) < 4.78 is 0. The maximum absolute atomic E-state index is 4.18. The van der Waals surface area contributed by atoms with Crippen molar-refractivity contribution in [2.24, 2.45) is 0 Å². The summed E-state index contributed by atoms with van der Waals surface area (Å²) in [6, 6.07) is 4.03. The molecule has 17 heavy (non-hydrogen) atoms. The van der Waals surface area contributed by atoms with Gasteiger partial charge in [0.2, 0.25) is 0 Å². The molecule has 0 bridgehead atoms. The van der Waals surface area contributed by atoms with Crippen LogP contribution in [0.2, 0.25) is 0 Å². The molecule has 0 aromatic carbocycles. The van der Waals surface area contributed by atoms with Gasteiger partial charge in [0.05, 0.1) is 5.69 Å². The number of hydrogen-bond acceptors (Lipinski definition) is 4. The Labute approximate surface area is 102 Å². The molecule has 1 aliphatic heterocycles. The first-order valence-electron chi connectivity index (χ1n) is 6.60. The van der Waals surface area contributed by atoms with Gasteiger partial charge in [-0.25, -0.2) is 0 Å². The van der Waals surface area contributed by atoms with Crippen LogP contribution in [0.1, 0.15) is 31.4 Å². The van der Waals surface area contributed by atoms with E-state index in [-0.39, 0.29) is 0 Å². The van der Waals surface area contributed by atoms with E-state index in [0.29, 0.717) is 5.54 Å². The molecule has 1 aliphatic carbocycles. The van der Waals surface area contributed by atoms with Gasteiger partial charge in [0.25, 0.3) is 0 Å². The first kappa shape index (κ1) is 11.1. The first-order chi connectivity index (χ1) is 8.36. The zero-order valence-corrected chi connectivity index (χ0v) is 10.2. The molecular formula is C13H20N4. The van der Waals surface area contributed by atoms with Crippen LogP contribution in [-0.4, -0.2) is 40.3 Å². The van der Waals surface area contributed by atoms with Gasteiger partial charge in [0.1, 0.15) is 0 Å². The van der Waals surface area contributed by atoms with Crippen molar-refractivity contribution in [3.05, 3.63) is 24.0 Å². The van der Waals surface area contributed by atoms with Gasteiger partial charge in [-0.05, 0) is 25.0 Å². The highest BCUT2D eigenvalue weighted by Crippen LogP contribution is 2.32. The number of nitrogens with one attached hydrogen (secondary N) is 1. The van der Waals surface area contributed by atoms with E-state index in [4.69, 9.17) is 0 Å². The van der Waals surface area contributed by atoms with Crippen LogP contribution in [0, 0.1) is 0 Å². The fourth-order valence-corrected chi connectivity index (χ4v) is 3.21. The van der Waals surface area contributed by atoms with Crippen LogP contribution < -0.4 is 5.32 Å². The molecule has 92 valence electrons. The predicted molar refractivity (Wildman–Crippen MR) is 66.5 cm³/mol. The topological polar surface area (TPSA) is 41.1 Å². The van der Waals surface area contributed by atoms with Crippen molar-refractivity contribution in [1.29, 1.82) is 0 Å². The Kier molecular flexibility index (Phi) is 3.07. The van der Waals surface area contributed by atoms with E-state index in [1.165, 1.54) is 32.2 Å². The molecule has 4 nitrogen and oxygen atoms in total. The minimum absolute atomic E-state index is 0.403. The van der Waals surface area contributed by atoms with Crippen molar-refractivity contribution >= 4 is 0 Å². The monoisotopic (exact) mass is 232 g/mol. The molecular weight excluding hydrogens is 212 g/mol. The highest BCUT2D eigenvalue weighted by atomic mass is 15.2. The third kappa shape index (κ3) is 2.48. The molecule has 0 atom stereocenters. The molecule has 1 aromatic heterocycles. The quantitative estimate of drug-likeness (QED) is 0.831. The summed E-state index contributed by atoms with van der Waals surface area (Å²) >= 11 is 0. The second-order valence-corrected chi connectivity index (χ2v) is 5.34. The minimum atomic E-state index is 0.403. The highest BCUT2D eigenvalue weighted by molar-refractivity contribution is 5.02. The Morgan fingerprint density at radius 2 is 2.24 bits per heavy atom.